The first-order valence-corrected chi connectivity index (χ1v) is 13.3. The van der Waals surface area contributed by atoms with Gasteiger partial charge in [-0.3, -0.25) is 0 Å². The van der Waals surface area contributed by atoms with Crippen molar-refractivity contribution in [2.24, 2.45) is 22.7 Å². The molecule has 0 aromatic carbocycles. The van der Waals surface area contributed by atoms with Crippen LogP contribution in [0.15, 0.2) is 47.6 Å². The molecule has 0 saturated heterocycles. The van der Waals surface area contributed by atoms with Gasteiger partial charge < -0.3 is 24.8 Å². The summed E-state index contributed by atoms with van der Waals surface area (Å²) in [5.74, 6) is 0.921. The van der Waals surface area contributed by atoms with E-state index in [9.17, 15) is 20.1 Å². The minimum absolute atomic E-state index is 0.141. The first-order chi connectivity index (χ1) is 16.7. The Labute approximate surface area is 216 Å². The van der Waals surface area contributed by atoms with Crippen molar-refractivity contribution in [1.82, 2.24) is 0 Å². The summed E-state index contributed by atoms with van der Waals surface area (Å²) in [6.45, 7) is 14.3. The van der Waals surface area contributed by atoms with Crippen molar-refractivity contribution in [3.8, 4) is 0 Å². The predicted molar refractivity (Wildman–Crippen MR) is 141 cm³/mol. The van der Waals surface area contributed by atoms with Crippen molar-refractivity contribution in [2.45, 2.75) is 103 Å². The Kier molecular flexibility index (Phi) is 8.64. The molecule has 0 radical (unpaired) electrons. The maximum Gasteiger partial charge on any atom is 0.508 e. The highest BCUT2D eigenvalue weighted by atomic mass is 16.7. The van der Waals surface area contributed by atoms with Gasteiger partial charge >= 0.3 is 6.16 Å². The predicted octanol–water partition coefficient (Wildman–Crippen LogP) is 5.63. The van der Waals surface area contributed by atoms with Crippen molar-refractivity contribution in [3.05, 3.63) is 47.6 Å². The van der Waals surface area contributed by atoms with Crippen molar-refractivity contribution < 1.29 is 29.6 Å². The Morgan fingerprint density at radius 2 is 1.89 bits per heavy atom. The zero-order valence-corrected chi connectivity index (χ0v) is 22.9. The molecular formula is C30H46O6. The van der Waals surface area contributed by atoms with Crippen LogP contribution < -0.4 is 0 Å². The summed E-state index contributed by atoms with van der Waals surface area (Å²) in [6.07, 6.45) is 11.7. The summed E-state index contributed by atoms with van der Waals surface area (Å²) < 4.78 is 9.83. The molecule has 6 atom stereocenters. The molecule has 3 fully saturated rings. The number of hydrogen-bond donors (Lipinski definition) is 3. The number of fused-ring (bicyclic) bond motifs is 1. The van der Waals surface area contributed by atoms with E-state index in [1.165, 1.54) is 12.7 Å². The van der Waals surface area contributed by atoms with Crippen molar-refractivity contribution in [3.63, 3.8) is 0 Å². The topological polar surface area (TPSA) is 96.2 Å². The van der Waals surface area contributed by atoms with E-state index in [-0.39, 0.29) is 10.8 Å². The number of ether oxygens (including phenoxy) is 2. The van der Waals surface area contributed by atoms with Crippen LogP contribution in [0.3, 0.4) is 0 Å². The number of carbonyl (C=O) groups excluding carboxylic acids is 1. The Bertz CT molecular complexity index is 926. The van der Waals surface area contributed by atoms with Crippen LogP contribution in [-0.4, -0.2) is 52.5 Å². The highest BCUT2D eigenvalue weighted by molar-refractivity contribution is 5.60. The SMILES string of the molecule is C=C1/C(=C\C=C2/CCC[C@]3(C)[C@@H](C(C)(C)/C=C/[C@H](O)C(C)(C)OC(=O)OC)CC[C@@H]23)C[C@@H](O)C[C@@H]1O. The van der Waals surface area contributed by atoms with Crippen LogP contribution in [-0.2, 0) is 9.47 Å². The summed E-state index contributed by atoms with van der Waals surface area (Å²) in [5.41, 5.74) is 2.02. The van der Waals surface area contributed by atoms with Gasteiger partial charge in [-0.15, -0.1) is 0 Å². The summed E-state index contributed by atoms with van der Waals surface area (Å²) in [7, 11) is 1.25. The molecule has 6 heteroatoms. The molecule has 0 bridgehead atoms. The van der Waals surface area contributed by atoms with E-state index in [4.69, 9.17) is 4.74 Å². The highest BCUT2D eigenvalue weighted by Gasteiger charge is 2.53. The van der Waals surface area contributed by atoms with Gasteiger partial charge in [0.15, 0.2) is 0 Å². The second kappa shape index (κ2) is 10.8. The number of allylic oxidation sites excluding steroid dienone is 4. The molecule has 6 nitrogen and oxygen atoms in total. The molecule has 202 valence electrons. The maximum atomic E-state index is 11.6. The Morgan fingerprint density at radius 3 is 2.56 bits per heavy atom. The molecule has 3 saturated carbocycles. The number of rotatable bonds is 6. The Morgan fingerprint density at radius 1 is 1.19 bits per heavy atom. The van der Waals surface area contributed by atoms with Crippen LogP contribution >= 0.6 is 0 Å². The number of methoxy groups -OCH3 is 1. The largest absolute Gasteiger partial charge is 0.508 e. The van der Waals surface area contributed by atoms with Gasteiger partial charge in [0, 0.05) is 6.42 Å². The molecule has 36 heavy (non-hydrogen) atoms. The lowest BCUT2D eigenvalue weighted by atomic mass is 9.57. The van der Waals surface area contributed by atoms with E-state index in [2.05, 4.69) is 50.3 Å². The fourth-order valence-corrected chi connectivity index (χ4v) is 6.93. The van der Waals surface area contributed by atoms with Crippen LogP contribution in [0.4, 0.5) is 4.79 Å². The lowest BCUT2D eigenvalue weighted by molar-refractivity contribution is -0.0619. The van der Waals surface area contributed by atoms with Gasteiger partial charge in [0.25, 0.3) is 0 Å². The number of hydrogen-bond acceptors (Lipinski definition) is 6. The second-order valence-corrected chi connectivity index (χ2v) is 12.4. The average molecular weight is 503 g/mol. The Balaban J connectivity index is 1.78. The number of aliphatic hydroxyl groups excluding tert-OH is 3. The molecule has 0 aromatic rings. The molecule has 0 heterocycles. The minimum Gasteiger partial charge on any atom is -0.438 e. The minimum atomic E-state index is -1.10. The lowest BCUT2D eigenvalue weighted by Crippen LogP contribution is -2.41. The standard InChI is InChI=1S/C30H46O6/c1-19-21(17-22(31)18-24(19)32)11-10-20-9-8-15-30(6)23(20)12-13-25(30)28(2,3)16-14-26(33)29(4,5)36-27(34)35-7/h10-11,14,16,22-26,31-33H,1,8-9,12-13,15,17-18H2,2-7H3/b16-14+,20-10+,21-11-/t22-,23+,24+,25-,26+,30+/m1/s1. The van der Waals surface area contributed by atoms with E-state index in [0.29, 0.717) is 24.7 Å². The van der Waals surface area contributed by atoms with Crippen molar-refractivity contribution in [2.75, 3.05) is 7.11 Å². The molecule has 3 rings (SSSR count). The number of aliphatic hydroxyl groups is 3. The van der Waals surface area contributed by atoms with Gasteiger partial charge in [0.2, 0.25) is 0 Å². The van der Waals surface area contributed by atoms with E-state index in [1.54, 1.807) is 19.9 Å². The van der Waals surface area contributed by atoms with Crippen molar-refractivity contribution >= 4 is 6.16 Å². The monoisotopic (exact) mass is 502 g/mol. The molecule has 3 aliphatic rings. The third kappa shape index (κ3) is 5.98. The van der Waals surface area contributed by atoms with E-state index < -0.39 is 30.1 Å². The number of carbonyl (C=O) groups is 1. The first-order valence-electron chi connectivity index (χ1n) is 13.3. The summed E-state index contributed by atoms with van der Waals surface area (Å²) in [5, 5.41) is 31.0. The lowest BCUT2D eigenvalue weighted by Gasteiger charge is -2.47. The second-order valence-electron chi connectivity index (χ2n) is 12.4. The quantitative estimate of drug-likeness (QED) is 0.322. The normalized spacial score (nSPS) is 34.8. The molecule has 0 aliphatic heterocycles. The molecule has 0 amide bonds. The fourth-order valence-electron chi connectivity index (χ4n) is 6.93. The van der Waals surface area contributed by atoms with Crippen LogP contribution in [0.25, 0.3) is 0 Å². The van der Waals surface area contributed by atoms with Crippen molar-refractivity contribution in [1.29, 1.82) is 0 Å². The zero-order chi connectivity index (χ0) is 26.9. The zero-order valence-electron chi connectivity index (χ0n) is 22.9. The van der Waals surface area contributed by atoms with Crippen LogP contribution in [0.2, 0.25) is 0 Å². The van der Waals surface area contributed by atoms with E-state index >= 15 is 0 Å². The van der Waals surface area contributed by atoms with Gasteiger partial charge in [0.1, 0.15) is 11.7 Å². The van der Waals surface area contributed by atoms with Gasteiger partial charge in [0.05, 0.1) is 19.3 Å². The molecular weight excluding hydrogens is 456 g/mol. The fraction of sp³-hybridized carbons (Fsp3) is 0.700. The molecule has 0 unspecified atom stereocenters. The van der Waals surface area contributed by atoms with Gasteiger partial charge in [-0.05, 0) is 86.2 Å². The molecule has 0 aromatic heterocycles. The average Bonchev–Trinajstić information content (AvgIpc) is 3.16. The molecule has 3 N–H and O–H groups in total. The van der Waals surface area contributed by atoms with Gasteiger partial charge in [-0.1, -0.05) is 57.2 Å². The maximum absolute atomic E-state index is 11.6. The van der Waals surface area contributed by atoms with E-state index in [0.717, 1.165) is 43.3 Å². The van der Waals surface area contributed by atoms with Crippen LogP contribution in [0, 0.1) is 22.7 Å². The third-order valence-electron chi connectivity index (χ3n) is 9.06. The Hall–Kier alpha value is -1.89. The first kappa shape index (κ1) is 28.7. The molecule has 0 spiro atoms. The third-order valence-corrected chi connectivity index (χ3v) is 9.06. The summed E-state index contributed by atoms with van der Waals surface area (Å²) >= 11 is 0. The van der Waals surface area contributed by atoms with Crippen LogP contribution in [0.5, 0.6) is 0 Å². The van der Waals surface area contributed by atoms with Gasteiger partial charge in [-0.2, -0.15) is 0 Å². The van der Waals surface area contributed by atoms with Gasteiger partial charge in [-0.25, -0.2) is 4.79 Å². The van der Waals surface area contributed by atoms with E-state index in [1.807, 2.05) is 0 Å². The summed E-state index contributed by atoms with van der Waals surface area (Å²) in [6, 6.07) is 0. The smallest absolute Gasteiger partial charge is 0.438 e. The molecule has 3 aliphatic carbocycles. The highest BCUT2D eigenvalue weighted by Crippen LogP contribution is 2.62. The van der Waals surface area contributed by atoms with Crippen LogP contribution in [0.1, 0.15) is 79.6 Å². The summed E-state index contributed by atoms with van der Waals surface area (Å²) in [4.78, 5) is 11.6.